The molecule has 0 bridgehead atoms. The molecule has 0 atom stereocenters. The van der Waals surface area contributed by atoms with Gasteiger partial charge in [-0.2, -0.15) is 9.80 Å². The molecule has 0 saturated heterocycles. The summed E-state index contributed by atoms with van der Waals surface area (Å²) in [5, 5.41) is 11.0. The lowest BCUT2D eigenvalue weighted by Crippen LogP contribution is -2.29. The van der Waals surface area contributed by atoms with Crippen molar-refractivity contribution in [3.63, 3.8) is 0 Å². The van der Waals surface area contributed by atoms with E-state index in [4.69, 9.17) is 27.9 Å². The van der Waals surface area contributed by atoms with Gasteiger partial charge in [-0.05, 0) is 49.4 Å². The highest BCUT2D eigenvalue weighted by molar-refractivity contribution is 6.35. The van der Waals surface area contributed by atoms with Crippen LogP contribution in [0.2, 0.25) is 10.0 Å². The molecule has 10 heteroatoms. The number of aromatic nitrogens is 2. The highest BCUT2D eigenvalue weighted by Gasteiger charge is 2.17. The van der Waals surface area contributed by atoms with Crippen molar-refractivity contribution in [2.75, 3.05) is 6.61 Å². The summed E-state index contributed by atoms with van der Waals surface area (Å²) in [6, 6.07) is 9.82. The lowest BCUT2D eigenvalue weighted by atomic mass is 10.3. The van der Waals surface area contributed by atoms with E-state index in [0.29, 0.717) is 16.4 Å². The van der Waals surface area contributed by atoms with Crippen molar-refractivity contribution in [2.45, 2.75) is 6.92 Å². The van der Waals surface area contributed by atoms with Gasteiger partial charge in [-0.15, -0.1) is 5.11 Å². The average molecular weight is 423 g/mol. The van der Waals surface area contributed by atoms with Gasteiger partial charge in [-0.25, -0.2) is 4.39 Å². The van der Waals surface area contributed by atoms with Crippen molar-refractivity contribution in [3.8, 4) is 5.75 Å². The summed E-state index contributed by atoms with van der Waals surface area (Å²) < 4.78 is 19.0. The second-order valence-electron chi connectivity index (χ2n) is 5.66. The lowest BCUT2D eigenvalue weighted by Gasteiger charge is -2.07. The van der Waals surface area contributed by atoms with Crippen LogP contribution >= 0.6 is 23.2 Å². The van der Waals surface area contributed by atoms with Crippen LogP contribution in [0.4, 0.5) is 15.8 Å². The Kier molecular flexibility index (Phi) is 5.91. The van der Waals surface area contributed by atoms with Crippen molar-refractivity contribution in [1.82, 2.24) is 9.78 Å². The second kappa shape index (κ2) is 8.37. The fraction of sp³-hybridized carbons (Fsp3) is 0.111. The van der Waals surface area contributed by atoms with E-state index >= 15 is 0 Å². The molecule has 0 aliphatic rings. The molecule has 0 radical (unpaired) electrons. The average Bonchev–Trinajstić information content (AvgIpc) is 2.94. The smallest absolute Gasteiger partial charge is 0.301 e. The zero-order valence-corrected chi connectivity index (χ0v) is 16.0. The number of nitrogens with one attached hydrogen (secondary N) is 1. The first-order valence-electron chi connectivity index (χ1n) is 7.95. The van der Waals surface area contributed by atoms with Crippen molar-refractivity contribution >= 4 is 40.5 Å². The van der Waals surface area contributed by atoms with Gasteiger partial charge in [0.25, 0.3) is 5.91 Å². The molecule has 0 aliphatic heterocycles. The quantitative estimate of drug-likeness (QED) is 0.582. The number of halogens is 3. The van der Waals surface area contributed by atoms with Gasteiger partial charge in [-0.3, -0.25) is 14.7 Å². The van der Waals surface area contributed by atoms with Crippen LogP contribution in [0.25, 0.3) is 0 Å². The SMILES string of the molecule is Cc1[nH]n(C(=O)COc2ccc(Cl)cc2Cl)c(=O)c1N=Nc1ccc(F)cc1. The van der Waals surface area contributed by atoms with Crippen LogP contribution in [-0.4, -0.2) is 22.3 Å². The van der Waals surface area contributed by atoms with Crippen LogP contribution in [0.5, 0.6) is 5.75 Å². The third-order valence-electron chi connectivity index (χ3n) is 3.63. The molecule has 7 nitrogen and oxygen atoms in total. The van der Waals surface area contributed by atoms with Gasteiger partial charge in [0.1, 0.15) is 11.6 Å². The number of ether oxygens (including phenoxy) is 1. The topological polar surface area (TPSA) is 88.8 Å². The van der Waals surface area contributed by atoms with Crippen molar-refractivity contribution in [3.05, 3.63) is 74.4 Å². The molecule has 144 valence electrons. The predicted octanol–water partition coefficient (Wildman–Crippen LogP) is 5.07. The molecule has 3 aromatic rings. The third kappa shape index (κ3) is 4.47. The Morgan fingerprint density at radius 3 is 2.57 bits per heavy atom. The highest BCUT2D eigenvalue weighted by Crippen LogP contribution is 2.27. The number of nitrogens with zero attached hydrogens (tertiary/aromatic N) is 3. The van der Waals surface area contributed by atoms with Gasteiger partial charge in [0, 0.05) is 5.02 Å². The first-order chi connectivity index (χ1) is 13.3. The molecular weight excluding hydrogens is 410 g/mol. The molecule has 0 amide bonds. The van der Waals surface area contributed by atoms with E-state index in [-0.39, 0.29) is 16.5 Å². The molecule has 0 saturated carbocycles. The fourth-order valence-electron chi connectivity index (χ4n) is 2.24. The number of hydrogen-bond donors (Lipinski definition) is 1. The van der Waals surface area contributed by atoms with Gasteiger partial charge >= 0.3 is 5.56 Å². The minimum Gasteiger partial charge on any atom is -0.482 e. The summed E-state index contributed by atoms with van der Waals surface area (Å²) in [6.07, 6.45) is 0. The molecule has 0 aliphatic carbocycles. The first kappa shape index (κ1) is 19.8. The van der Waals surface area contributed by atoms with E-state index in [9.17, 15) is 14.0 Å². The first-order valence-corrected chi connectivity index (χ1v) is 8.70. The van der Waals surface area contributed by atoms with Crippen LogP contribution in [0.15, 0.2) is 57.5 Å². The van der Waals surface area contributed by atoms with E-state index < -0.39 is 23.9 Å². The maximum atomic E-state index is 12.9. The van der Waals surface area contributed by atoms with Gasteiger partial charge < -0.3 is 4.74 Å². The summed E-state index contributed by atoms with van der Waals surface area (Å²) in [4.78, 5) is 24.7. The van der Waals surface area contributed by atoms with E-state index in [1.54, 1.807) is 13.0 Å². The Labute approximate surface area is 168 Å². The predicted molar refractivity (Wildman–Crippen MR) is 103 cm³/mol. The minimum atomic E-state index is -0.681. The number of carbonyl (C=O) groups excluding carboxylic acids is 1. The molecule has 1 heterocycles. The number of aryl methyl sites for hydroxylation is 1. The van der Waals surface area contributed by atoms with E-state index in [2.05, 4.69) is 15.3 Å². The monoisotopic (exact) mass is 422 g/mol. The van der Waals surface area contributed by atoms with Crippen LogP contribution in [-0.2, 0) is 0 Å². The number of rotatable bonds is 5. The number of hydrogen-bond acceptors (Lipinski definition) is 5. The molecule has 2 aromatic carbocycles. The zero-order valence-electron chi connectivity index (χ0n) is 14.4. The summed E-state index contributed by atoms with van der Waals surface area (Å²) >= 11 is 11.8. The lowest BCUT2D eigenvalue weighted by molar-refractivity contribution is 0.0816. The maximum absolute atomic E-state index is 12.9. The van der Waals surface area contributed by atoms with E-state index in [1.807, 2.05) is 0 Å². The van der Waals surface area contributed by atoms with Crippen molar-refractivity contribution in [1.29, 1.82) is 0 Å². The Morgan fingerprint density at radius 2 is 1.89 bits per heavy atom. The zero-order chi connectivity index (χ0) is 20.3. The standard InChI is InChI=1S/C18H13Cl2FN4O3/c1-10-17(23-22-13-5-3-12(21)4-6-13)18(27)25(24-10)16(26)9-28-15-7-2-11(19)8-14(15)20/h2-8,24H,9H2,1H3. The van der Waals surface area contributed by atoms with Gasteiger partial charge in [0.2, 0.25) is 0 Å². The number of carbonyl (C=O) groups is 1. The summed E-state index contributed by atoms with van der Waals surface area (Å²) in [5.41, 5.74) is -0.0184. The normalized spacial score (nSPS) is 11.1. The summed E-state index contributed by atoms with van der Waals surface area (Å²) in [7, 11) is 0. The van der Waals surface area contributed by atoms with Gasteiger partial charge in [0.15, 0.2) is 12.3 Å². The molecule has 28 heavy (non-hydrogen) atoms. The van der Waals surface area contributed by atoms with Gasteiger partial charge in [0.05, 0.1) is 16.4 Å². The number of H-pyrrole nitrogens is 1. The Bertz CT molecular complexity index is 1110. The second-order valence-corrected chi connectivity index (χ2v) is 6.50. The summed E-state index contributed by atoms with van der Waals surface area (Å²) in [5.74, 6) is -0.806. The number of azo groups is 1. The molecule has 0 fully saturated rings. The molecule has 1 aromatic heterocycles. The molecule has 1 N–H and O–H groups in total. The van der Waals surface area contributed by atoms with E-state index in [1.165, 1.54) is 36.4 Å². The van der Waals surface area contributed by atoms with Crippen LogP contribution < -0.4 is 10.3 Å². The molecule has 0 unspecified atom stereocenters. The van der Waals surface area contributed by atoms with Gasteiger partial charge in [-0.1, -0.05) is 23.2 Å². The maximum Gasteiger partial charge on any atom is 0.301 e. The minimum absolute atomic E-state index is 0.0396. The van der Waals surface area contributed by atoms with Crippen LogP contribution in [0.3, 0.4) is 0 Å². The van der Waals surface area contributed by atoms with Crippen LogP contribution in [0, 0.1) is 12.7 Å². The van der Waals surface area contributed by atoms with Crippen molar-refractivity contribution < 1.29 is 13.9 Å². The fourth-order valence-corrected chi connectivity index (χ4v) is 2.71. The Hall–Kier alpha value is -2.97. The highest BCUT2D eigenvalue weighted by atomic mass is 35.5. The third-order valence-corrected chi connectivity index (χ3v) is 4.16. The van der Waals surface area contributed by atoms with Crippen molar-refractivity contribution in [2.24, 2.45) is 10.2 Å². The largest absolute Gasteiger partial charge is 0.482 e. The van der Waals surface area contributed by atoms with E-state index in [0.717, 1.165) is 4.68 Å². The molecule has 3 rings (SSSR count). The number of benzene rings is 2. The van der Waals surface area contributed by atoms with Crippen LogP contribution in [0.1, 0.15) is 10.5 Å². The summed E-state index contributed by atoms with van der Waals surface area (Å²) in [6.45, 7) is 1.14. The number of aromatic amines is 1. The Balaban J connectivity index is 1.76. The Morgan fingerprint density at radius 1 is 1.18 bits per heavy atom. The molecular formula is C18H13Cl2FN4O3. The molecule has 0 spiro atoms.